The van der Waals surface area contributed by atoms with Crippen molar-refractivity contribution in [3.8, 4) is 0 Å². The molecule has 0 aliphatic heterocycles. The number of nitrogens with zero attached hydrogens (tertiary/aromatic N) is 1. The molecule has 0 aliphatic carbocycles. The maximum atomic E-state index is 13.2. The van der Waals surface area contributed by atoms with Crippen LogP contribution in [0.2, 0.25) is 0 Å². The zero-order valence-corrected chi connectivity index (χ0v) is 15.2. The Morgan fingerprint density at radius 2 is 1.08 bits per heavy atom. The van der Waals surface area contributed by atoms with Crippen molar-refractivity contribution in [3.05, 3.63) is 102 Å². The molecule has 3 aromatic carbocycles. The van der Waals surface area contributed by atoms with E-state index in [4.69, 9.17) is 0 Å². The maximum Gasteiger partial charge on any atom is 0.322 e. The molecule has 3 heteroatoms. The number of rotatable bonds is 5. The molecule has 132 valence electrons. The Kier molecular flexibility index (Phi) is 5.69. The zero-order chi connectivity index (χ0) is 18.4. The summed E-state index contributed by atoms with van der Waals surface area (Å²) in [6, 6.07) is 29.6. The Morgan fingerprint density at radius 1 is 0.692 bits per heavy atom. The van der Waals surface area contributed by atoms with Gasteiger partial charge < -0.3 is 10.2 Å². The van der Waals surface area contributed by atoms with E-state index in [2.05, 4.69) is 43.4 Å². The third-order valence-corrected chi connectivity index (χ3v) is 4.66. The van der Waals surface area contributed by atoms with Crippen LogP contribution >= 0.6 is 0 Å². The molecule has 3 nitrogen and oxygen atoms in total. The van der Waals surface area contributed by atoms with Crippen LogP contribution in [0.5, 0.6) is 0 Å². The van der Waals surface area contributed by atoms with Gasteiger partial charge in [-0.15, -0.1) is 0 Å². The van der Waals surface area contributed by atoms with E-state index in [0.29, 0.717) is 0 Å². The molecule has 0 heterocycles. The smallest absolute Gasteiger partial charge is 0.311 e. The van der Waals surface area contributed by atoms with E-state index in [0.717, 1.165) is 16.8 Å². The highest BCUT2D eigenvalue weighted by Crippen LogP contribution is 2.31. The maximum absolute atomic E-state index is 13.2. The van der Waals surface area contributed by atoms with Gasteiger partial charge in [0, 0.05) is 5.69 Å². The summed E-state index contributed by atoms with van der Waals surface area (Å²) in [6.07, 6.45) is 0. The second-order valence-electron chi connectivity index (χ2n) is 6.38. The van der Waals surface area contributed by atoms with Crippen molar-refractivity contribution in [3.63, 3.8) is 0 Å². The van der Waals surface area contributed by atoms with Crippen molar-refractivity contribution in [2.24, 2.45) is 0 Å². The van der Waals surface area contributed by atoms with Crippen LogP contribution in [0.1, 0.15) is 37.1 Å². The van der Waals surface area contributed by atoms with Crippen LogP contribution in [0.3, 0.4) is 0 Å². The van der Waals surface area contributed by atoms with Gasteiger partial charge in [-0.3, -0.25) is 0 Å². The molecule has 2 amide bonds. The number of benzene rings is 3. The van der Waals surface area contributed by atoms with E-state index < -0.39 is 0 Å². The molecular formula is C23H24N2O. The summed E-state index contributed by atoms with van der Waals surface area (Å²) in [5, 5.41) is 3.03. The Bertz CT molecular complexity index is 773. The van der Waals surface area contributed by atoms with Gasteiger partial charge in [0.1, 0.15) is 0 Å². The number of anilines is 1. The van der Waals surface area contributed by atoms with Gasteiger partial charge in [0.25, 0.3) is 0 Å². The third-order valence-electron chi connectivity index (χ3n) is 4.66. The molecule has 2 unspecified atom stereocenters. The lowest BCUT2D eigenvalue weighted by Crippen LogP contribution is -2.39. The molecule has 0 radical (unpaired) electrons. The summed E-state index contributed by atoms with van der Waals surface area (Å²) in [4.78, 5) is 15.1. The first-order valence-electron chi connectivity index (χ1n) is 8.91. The fourth-order valence-electron chi connectivity index (χ4n) is 3.18. The average molecular weight is 344 g/mol. The summed E-state index contributed by atoms with van der Waals surface area (Å²) in [7, 11) is 0. The van der Waals surface area contributed by atoms with Gasteiger partial charge >= 0.3 is 6.03 Å². The lowest BCUT2D eigenvalue weighted by molar-refractivity contribution is 0.167. The van der Waals surface area contributed by atoms with Crippen LogP contribution in [0.4, 0.5) is 10.5 Å². The van der Waals surface area contributed by atoms with Crippen LogP contribution in [-0.4, -0.2) is 10.9 Å². The van der Waals surface area contributed by atoms with E-state index in [9.17, 15) is 4.79 Å². The highest BCUT2D eigenvalue weighted by Gasteiger charge is 2.27. The predicted molar refractivity (Wildman–Crippen MR) is 107 cm³/mol. The molecule has 0 aliphatic rings. The van der Waals surface area contributed by atoms with Crippen molar-refractivity contribution in [2.75, 3.05) is 5.32 Å². The van der Waals surface area contributed by atoms with Crippen LogP contribution < -0.4 is 5.32 Å². The molecule has 1 N–H and O–H groups in total. The highest BCUT2D eigenvalue weighted by atomic mass is 16.2. The molecular weight excluding hydrogens is 320 g/mol. The summed E-state index contributed by atoms with van der Waals surface area (Å²) >= 11 is 0. The quantitative estimate of drug-likeness (QED) is 0.601. The van der Waals surface area contributed by atoms with Gasteiger partial charge in [-0.05, 0) is 37.1 Å². The Morgan fingerprint density at radius 3 is 1.50 bits per heavy atom. The molecule has 26 heavy (non-hydrogen) atoms. The van der Waals surface area contributed by atoms with Crippen LogP contribution in [0.15, 0.2) is 91.0 Å². The van der Waals surface area contributed by atoms with Gasteiger partial charge in [-0.25, -0.2) is 4.79 Å². The summed E-state index contributed by atoms with van der Waals surface area (Å²) in [6.45, 7) is 4.14. The number of para-hydroxylation sites is 1. The number of amides is 2. The average Bonchev–Trinajstić information content (AvgIpc) is 2.70. The lowest BCUT2D eigenvalue weighted by Gasteiger charge is -2.35. The monoisotopic (exact) mass is 344 g/mol. The highest BCUT2D eigenvalue weighted by molar-refractivity contribution is 5.89. The SMILES string of the molecule is CC(c1ccccc1)N(C(=O)Nc1ccccc1)C(C)c1ccccc1. The van der Waals surface area contributed by atoms with Crippen LogP contribution in [0.25, 0.3) is 0 Å². The molecule has 0 fully saturated rings. The van der Waals surface area contributed by atoms with Crippen LogP contribution in [-0.2, 0) is 0 Å². The second kappa shape index (κ2) is 8.34. The summed E-state index contributed by atoms with van der Waals surface area (Å²) in [5.74, 6) is 0. The zero-order valence-electron chi connectivity index (χ0n) is 15.2. The van der Waals surface area contributed by atoms with Gasteiger partial charge in [0.2, 0.25) is 0 Å². The first-order valence-corrected chi connectivity index (χ1v) is 8.91. The molecule has 3 rings (SSSR count). The van der Waals surface area contributed by atoms with E-state index in [1.807, 2.05) is 71.6 Å². The standard InChI is InChI=1S/C23H24N2O/c1-18(20-12-6-3-7-13-20)25(19(2)21-14-8-4-9-15-21)23(26)24-22-16-10-5-11-17-22/h3-19H,1-2H3,(H,24,26). The molecule has 2 atom stereocenters. The van der Waals surface area contributed by atoms with Crippen molar-refractivity contribution < 1.29 is 4.79 Å². The number of carbonyl (C=O) groups is 1. The number of hydrogen-bond acceptors (Lipinski definition) is 1. The lowest BCUT2D eigenvalue weighted by atomic mass is 10.0. The minimum absolute atomic E-state index is 0.0601. The summed E-state index contributed by atoms with van der Waals surface area (Å²) in [5.41, 5.74) is 3.01. The summed E-state index contributed by atoms with van der Waals surface area (Å²) < 4.78 is 0. The first-order chi connectivity index (χ1) is 12.7. The largest absolute Gasteiger partial charge is 0.322 e. The van der Waals surface area contributed by atoms with E-state index in [1.54, 1.807) is 0 Å². The number of carbonyl (C=O) groups excluding carboxylic acids is 1. The fraction of sp³-hybridized carbons (Fsp3) is 0.174. The van der Waals surface area contributed by atoms with E-state index >= 15 is 0 Å². The molecule has 0 aromatic heterocycles. The van der Waals surface area contributed by atoms with Gasteiger partial charge in [0.05, 0.1) is 12.1 Å². The minimum atomic E-state index is -0.107. The molecule has 3 aromatic rings. The number of urea groups is 1. The molecule has 0 saturated heterocycles. The van der Waals surface area contributed by atoms with E-state index in [-0.39, 0.29) is 18.1 Å². The molecule has 0 spiro atoms. The number of hydrogen-bond donors (Lipinski definition) is 1. The van der Waals surface area contributed by atoms with Crippen molar-refractivity contribution >= 4 is 11.7 Å². The van der Waals surface area contributed by atoms with Gasteiger partial charge in [-0.1, -0.05) is 78.9 Å². The normalized spacial score (nSPS) is 12.8. The van der Waals surface area contributed by atoms with Crippen molar-refractivity contribution in [1.82, 2.24) is 4.90 Å². The fourth-order valence-corrected chi connectivity index (χ4v) is 3.18. The molecule has 0 saturated carbocycles. The topological polar surface area (TPSA) is 32.3 Å². The number of nitrogens with one attached hydrogen (secondary N) is 1. The van der Waals surface area contributed by atoms with Crippen molar-refractivity contribution in [2.45, 2.75) is 25.9 Å². The predicted octanol–water partition coefficient (Wildman–Crippen LogP) is 6.04. The van der Waals surface area contributed by atoms with Gasteiger partial charge in [0.15, 0.2) is 0 Å². The van der Waals surface area contributed by atoms with Crippen molar-refractivity contribution in [1.29, 1.82) is 0 Å². The minimum Gasteiger partial charge on any atom is -0.311 e. The van der Waals surface area contributed by atoms with Crippen LogP contribution in [0, 0.1) is 0 Å². The van der Waals surface area contributed by atoms with Gasteiger partial charge in [-0.2, -0.15) is 0 Å². The first kappa shape index (κ1) is 17.7. The third kappa shape index (κ3) is 4.12. The Balaban J connectivity index is 1.91. The second-order valence-corrected chi connectivity index (χ2v) is 6.38. The Labute approximate surface area is 155 Å². The van der Waals surface area contributed by atoms with E-state index in [1.165, 1.54) is 0 Å². The molecule has 0 bridgehead atoms. The Hall–Kier alpha value is -3.07.